The minimum Gasteiger partial charge on any atom is -0.490 e. The molecule has 0 saturated carbocycles. The Morgan fingerprint density at radius 1 is 1.07 bits per heavy atom. The summed E-state index contributed by atoms with van der Waals surface area (Å²) in [7, 11) is 0. The van der Waals surface area contributed by atoms with Crippen LogP contribution in [-0.4, -0.2) is 17.6 Å². The largest absolute Gasteiger partial charge is 0.490 e. The van der Waals surface area contributed by atoms with E-state index in [1.807, 2.05) is 68.4 Å². The maximum absolute atomic E-state index is 5.96. The Bertz CT molecular complexity index is 939. The first-order valence-electron chi connectivity index (χ1n) is 9.12. The van der Waals surface area contributed by atoms with Gasteiger partial charge in [-0.05, 0) is 49.2 Å². The van der Waals surface area contributed by atoms with Gasteiger partial charge in [0, 0.05) is 18.0 Å². The van der Waals surface area contributed by atoms with Gasteiger partial charge < -0.3 is 20.5 Å². The summed E-state index contributed by atoms with van der Waals surface area (Å²) in [6.45, 7) is 4.96. The number of nitrogens with zero attached hydrogens (tertiary/aromatic N) is 2. The molecule has 0 bridgehead atoms. The molecule has 0 unspecified atom stereocenters. The molecule has 0 aliphatic carbocycles. The highest BCUT2D eigenvalue weighted by atomic mass is 16.5. The molecule has 0 spiro atoms. The van der Waals surface area contributed by atoms with E-state index < -0.39 is 0 Å². The fourth-order valence-corrected chi connectivity index (χ4v) is 2.57. The molecule has 3 rings (SSSR count). The van der Waals surface area contributed by atoms with E-state index in [9.17, 15) is 0 Å². The van der Waals surface area contributed by atoms with E-state index >= 15 is 0 Å². The van der Waals surface area contributed by atoms with Crippen LogP contribution in [0.25, 0.3) is 0 Å². The Kier molecular flexibility index (Phi) is 6.46. The van der Waals surface area contributed by atoms with Crippen molar-refractivity contribution in [1.82, 2.24) is 4.98 Å². The lowest BCUT2D eigenvalue weighted by molar-refractivity contribution is 0.319. The van der Waals surface area contributed by atoms with Gasteiger partial charge in [0.25, 0.3) is 0 Å². The zero-order chi connectivity index (χ0) is 19.8. The highest BCUT2D eigenvalue weighted by Crippen LogP contribution is 2.30. The predicted octanol–water partition coefficient (Wildman–Crippen LogP) is 4.51. The Morgan fingerprint density at radius 2 is 1.89 bits per heavy atom. The third kappa shape index (κ3) is 5.48. The van der Waals surface area contributed by atoms with E-state index in [0.29, 0.717) is 36.5 Å². The SMILES string of the molecule is CCOc1ccccc1Oc1ccc(CN=C(N)Nc2cccc(C)c2)cn1. The van der Waals surface area contributed by atoms with Crippen LogP contribution in [0.15, 0.2) is 71.9 Å². The highest BCUT2D eigenvalue weighted by molar-refractivity contribution is 5.92. The Hall–Kier alpha value is -3.54. The van der Waals surface area contributed by atoms with Crippen molar-refractivity contribution >= 4 is 11.6 Å². The number of rotatable bonds is 7. The summed E-state index contributed by atoms with van der Waals surface area (Å²) in [6, 6.07) is 19.2. The van der Waals surface area contributed by atoms with Crippen LogP contribution >= 0.6 is 0 Å². The van der Waals surface area contributed by atoms with E-state index in [4.69, 9.17) is 15.2 Å². The zero-order valence-corrected chi connectivity index (χ0v) is 16.1. The van der Waals surface area contributed by atoms with E-state index in [0.717, 1.165) is 16.8 Å². The fraction of sp³-hybridized carbons (Fsp3) is 0.182. The van der Waals surface area contributed by atoms with Crippen molar-refractivity contribution in [3.8, 4) is 17.4 Å². The first-order valence-corrected chi connectivity index (χ1v) is 9.12. The van der Waals surface area contributed by atoms with Crippen LogP contribution in [0.5, 0.6) is 17.4 Å². The minimum absolute atomic E-state index is 0.358. The first kappa shape index (κ1) is 19.2. The molecular weight excluding hydrogens is 352 g/mol. The molecule has 2 aromatic carbocycles. The zero-order valence-electron chi connectivity index (χ0n) is 16.1. The number of pyridine rings is 1. The third-order valence-corrected chi connectivity index (χ3v) is 3.88. The molecule has 3 N–H and O–H groups in total. The minimum atomic E-state index is 0.358. The van der Waals surface area contributed by atoms with Crippen LogP contribution in [0.2, 0.25) is 0 Å². The number of guanidine groups is 1. The number of nitrogens with two attached hydrogens (primary N) is 1. The molecule has 0 fully saturated rings. The van der Waals surface area contributed by atoms with Gasteiger partial charge in [-0.1, -0.05) is 30.3 Å². The van der Waals surface area contributed by atoms with Gasteiger partial charge in [0.15, 0.2) is 17.5 Å². The standard InChI is InChI=1S/C22H24N4O2/c1-3-27-19-9-4-5-10-20(19)28-21-12-11-17(14-24-21)15-25-22(23)26-18-8-6-7-16(2)13-18/h4-14H,3,15H2,1-2H3,(H3,23,25,26). The van der Waals surface area contributed by atoms with Crippen LogP contribution in [0.1, 0.15) is 18.1 Å². The molecule has 6 nitrogen and oxygen atoms in total. The number of nitrogens with one attached hydrogen (secondary N) is 1. The summed E-state index contributed by atoms with van der Waals surface area (Å²) in [5.41, 5.74) is 8.96. The van der Waals surface area contributed by atoms with Crippen LogP contribution in [-0.2, 0) is 6.54 Å². The number of aryl methyl sites for hydroxylation is 1. The summed E-state index contributed by atoms with van der Waals surface area (Å²) >= 11 is 0. The summed E-state index contributed by atoms with van der Waals surface area (Å²) in [5, 5.41) is 3.08. The number of ether oxygens (including phenoxy) is 2. The van der Waals surface area contributed by atoms with E-state index in [1.54, 1.807) is 12.3 Å². The highest BCUT2D eigenvalue weighted by Gasteiger charge is 2.06. The molecule has 0 aliphatic heterocycles. The van der Waals surface area contributed by atoms with Gasteiger partial charge in [-0.3, -0.25) is 0 Å². The molecule has 0 saturated heterocycles. The summed E-state index contributed by atoms with van der Waals surface area (Å²) in [4.78, 5) is 8.69. The van der Waals surface area contributed by atoms with Crippen LogP contribution < -0.4 is 20.5 Å². The van der Waals surface area contributed by atoms with Crippen molar-refractivity contribution in [2.75, 3.05) is 11.9 Å². The van der Waals surface area contributed by atoms with Gasteiger partial charge in [0.05, 0.1) is 13.2 Å². The third-order valence-electron chi connectivity index (χ3n) is 3.88. The van der Waals surface area contributed by atoms with Crippen LogP contribution in [0, 0.1) is 6.92 Å². The lowest BCUT2D eigenvalue weighted by Crippen LogP contribution is -2.22. The number of benzene rings is 2. The molecule has 144 valence electrons. The van der Waals surface area contributed by atoms with Crippen molar-refractivity contribution in [3.63, 3.8) is 0 Å². The number of aliphatic imine (C=N–C) groups is 1. The molecule has 0 amide bonds. The maximum atomic E-state index is 5.96. The van der Waals surface area contributed by atoms with Crippen molar-refractivity contribution in [3.05, 3.63) is 78.0 Å². The average molecular weight is 376 g/mol. The van der Waals surface area contributed by atoms with Gasteiger partial charge in [0.1, 0.15) is 0 Å². The van der Waals surface area contributed by atoms with E-state index in [1.165, 1.54) is 0 Å². The number of para-hydroxylation sites is 2. The quantitative estimate of drug-likeness (QED) is 0.468. The molecule has 28 heavy (non-hydrogen) atoms. The average Bonchev–Trinajstić information content (AvgIpc) is 2.69. The maximum Gasteiger partial charge on any atom is 0.219 e. The molecule has 0 aliphatic rings. The lowest BCUT2D eigenvalue weighted by Gasteiger charge is -2.10. The van der Waals surface area contributed by atoms with Crippen LogP contribution in [0.3, 0.4) is 0 Å². The molecule has 3 aromatic rings. The van der Waals surface area contributed by atoms with Crippen molar-refractivity contribution in [2.45, 2.75) is 20.4 Å². The smallest absolute Gasteiger partial charge is 0.219 e. The second-order valence-corrected chi connectivity index (χ2v) is 6.18. The van der Waals surface area contributed by atoms with Gasteiger partial charge in [-0.2, -0.15) is 0 Å². The topological polar surface area (TPSA) is 81.8 Å². The van der Waals surface area contributed by atoms with Crippen molar-refractivity contribution < 1.29 is 9.47 Å². The molecule has 1 heterocycles. The number of hydrogen-bond acceptors (Lipinski definition) is 4. The summed E-state index contributed by atoms with van der Waals surface area (Å²) in [6.07, 6.45) is 1.72. The van der Waals surface area contributed by atoms with Crippen LogP contribution in [0.4, 0.5) is 5.69 Å². The normalized spacial score (nSPS) is 11.1. The van der Waals surface area contributed by atoms with Gasteiger partial charge in [-0.25, -0.2) is 9.98 Å². The molecule has 0 radical (unpaired) electrons. The second kappa shape index (κ2) is 9.41. The Morgan fingerprint density at radius 3 is 2.61 bits per heavy atom. The molecular formula is C22H24N4O2. The van der Waals surface area contributed by atoms with Gasteiger partial charge >= 0.3 is 0 Å². The number of aromatic nitrogens is 1. The molecule has 1 aromatic heterocycles. The summed E-state index contributed by atoms with van der Waals surface area (Å²) < 4.78 is 11.4. The van der Waals surface area contributed by atoms with Crippen molar-refractivity contribution in [2.24, 2.45) is 10.7 Å². The fourth-order valence-electron chi connectivity index (χ4n) is 2.57. The van der Waals surface area contributed by atoms with Crippen molar-refractivity contribution in [1.29, 1.82) is 0 Å². The monoisotopic (exact) mass is 376 g/mol. The summed E-state index contributed by atoms with van der Waals surface area (Å²) in [5.74, 6) is 2.17. The van der Waals surface area contributed by atoms with Gasteiger partial charge in [-0.15, -0.1) is 0 Å². The number of anilines is 1. The number of hydrogen-bond donors (Lipinski definition) is 2. The Labute approximate surface area is 165 Å². The first-order chi connectivity index (χ1) is 13.6. The predicted molar refractivity (Wildman–Crippen MR) is 112 cm³/mol. The molecule has 6 heteroatoms. The molecule has 0 atom stereocenters. The van der Waals surface area contributed by atoms with E-state index in [2.05, 4.69) is 15.3 Å². The lowest BCUT2D eigenvalue weighted by atomic mass is 10.2. The van der Waals surface area contributed by atoms with Gasteiger partial charge in [0.2, 0.25) is 5.88 Å². The second-order valence-electron chi connectivity index (χ2n) is 6.18. The Balaban J connectivity index is 1.60. The van der Waals surface area contributed by atoms with E-state index in [-0.39, 0.29) is 0 Å².